The quantitative estimate of drug-likeness (QED) is 0.437. The molecule has 0 bridgehead atoms. The highest BCUT2D eigenvalue weighted by Gasteiger charge is 2.19. The minimum absolute atomic E-state index is 1.12. The number of hydrogen-bond acceptors (Lipinski definition) is 3. The molecule has 0 aliphatic carbocycles. The summed E-state index contributed by atoms with van der Waals surface area (Å²) < 4.78 is 5.55. The molecule has 0 aromatic heterocycles. The standard InChI is InChI=1S/C14H34N2OSi/c1-6-11-16(12-7-2)13-10-15-9-8-14-18(4,5)17-3/h15H,6-14H2,1-5H3. The van der Waals surface area contributed by atoms with Gasteiger partial charge in [0, 0.05) is 20.2 Å². The Morgan fingerprint density at radius 2 is 1.61 bits per heavy atom. The summed E-state index contributed by atoms with van der Waals surface area (Å²) in [6.45, 7) is 15.0. The molecule has 0 fully saturated rings. The van der Waals surface area contributed by atoms with Gasteiger partial charge in [-0.25, -0.2) is 0 Å². The molecule has 0 amide bonds. The monoisotopic (exact) mass is 274 g/mol. The first-order chi connectivity index (χ1) is 8.55. The van der Waals surface area contributed by atoms with Crippen molar-refractivity contribution < 1.29 is 4.43 Å². The molecule has 0 rings (SSSR count). The molecule has 3 nitrogen and oxygen atoms in total. The first kappa shape index (κ1) is 18.1. The Balaban J connectivity index is 3.48. The zero-order chi connectivity index (χ0) is 13.9. The molecule has 18 heavy (non-hydrogen) atoms. The third kappa shape index (κ3) is 10.1. The van der Waals surface area contributed by atoms with E-state index in [0.29, 0.717) is 0 Å². The highest BCUT2D eigenvalue weighted by Crippen LogP contribution is 2.11. The molecule has 110 valence electrons. The lowest BCUT2D eigenvalue weighted by molar-refractivity contribution is 0.274. The number of rotatable bonds is 12. The third-order valence-electron chi connectivity index (χ3n) is 3.37. The molecule has 0 aromatic rings. The fraction of sp³-hybridized carbons (Fsp3) is 1.00. The van der Waals surface area contributed by atoms with Gasteiger partial charge in [0.25, 0.3) is 0 Å². The van der Waals surface area contributed by atoms with E-state index in [1.165, 1.54) is 44.9 Å². The summed E-state index contributed by atoms with van der Waals surface area (Å²) in [5.41, 5.74) is 0. The van der Waals surface area contributed by atoms with Crippen molar-refractivity contribution in [2.24, 2.45) is 0 Å². The average Bonchev–Trinajstić information content (AvgIpc) is 2.34. The molecule has 0 aromatic carbocycles. The van der Waals surface area contributed by atoms with Gasteiger partial charge < -0.3 is 14.6 Å². The van der Waals surface area contributed by atoms with Crippen molar-refractivity contribution in [3.8, 4) is 0 Å². The van der Waals surface area contributed by atoms with Gasteiger partial charge in [-0.15, -0.1) is 0 Å². The molecule has 1 N–H and O–H groups in total. The molecule has 0 saturated heterocycles. The van der Waals surface area contributed by atoms with Gasteiger partial charge in [0.05, 0.1) is 0 Å². The van der Waals surface area contributed by atoms with E-state index in [1.807, 2.05) is 7.11 Å². The van der Waals surface area contributed by atoms with Gasteiger partial charge in [0.15, 0.2) is 8.32 Å². The first-order valence-corrected chi connectivity index (χ1v) is 10.7. The van der Waals surface area contributed by atoms with E-state index in [9.17, 15) is 0 Å². The van der Waals surface area contributed by atoms with Crippen LogP contribution in [0.2, 0.25) is 19.1 Å². The molecule has 0 radical (unpaired) electrons. The molecular weight excluding hydrogens is 240 g/mol. The van der Waals surface area contributed by atoms with Gasteiger partial charge in [-0.1, -0.05) is 13.8 Å². The Bertz CT molecular complexity index is 183. The summed E-state index contributed by atoms with van der Waals surface area (Å²) in [6.07, 6.45) is 3.76. The molecule has 0 aliphatic heterocycles. The summed E-state index contributed by atoms with van der Waals surface area (Å²) in [5.74, 6) is 0. The van der Waals surface area contributed by atoms with Gasteiger partial charge in [-0.2, -0.15) is 0 Å². The van der Waals surface area contributed by atoms with Crippen molar-refractivity contribution in [3.05, 3.63) is 0 Å². The Labute approximate surface area is 115 Å². The number of nitrogens with zero attached hydrogens (tertiary/aromatic N) is 1. The van der Waals surface area contributed by atoms with E-state index in [4.69, 9.17) is 4.43 Å². The highest BCUT2D eigenvalue weighted by atomic mass is 28.4. The van der Waals surface area contributed by atoms with Crippen LogP contribution in [0.1, 0.15) is 33.1 Å². The predicted molar refractivity (Wildman–Crippen MR) is 83.8 cm³/mol. The zero-order valence-electron chi connectivity index (χ0n) is 13.2. The second-order valence-corrected chi connectivity index (χ2v) is 10.1. The maximum Gasteiger partial charge on any atom is 0.186 e. The van der Waals surface area contributed by atoms with Crippen LogP contribution in [0.15, 0.2) is 0 Å². The lowest BCUT2D eigenvalue weighted by Crippen LogP contribution is -2.34. The molecule has 0 saturated carbocycles. The van der Waals surface area contributed by atoms with E-state index in [1.54, 1.807) is 0 Å². The van der Waals surface area contributed by atoms with Crippen LogP contribution in [0.25, 0.3) is 0 Å². The van der Waals surface area contributed by atoms with Crippen molar-refractivity contribution >= 4 is 8.32 Å². The fourth-order valence-corrected chi connectivity index (χ4v) is 3.30. The molecule has 0 unspecified atom stereocenters. The Morgan fingerprint density at radius 1 is 1.00 bits per heavy atom. The molecule has 0 heterocycles. The number of nitrogens with one attached hydrogen (secondary N) is 1. The Morgan fingerprint density at radius 3 is 2.11 bits per heavy atom. The second-order valence-electron chi connectivity index (χ2n) is 5.66. The van der Waals surface area contributed by atoms with Gasteiger partial charge in [0.2, 0.25) is 0 Å². The molecule has 0 aliphatic rings. The first-order valence-electron chi connectivity index (χ1n) is 7.54. The van der Waals surface area contributed by atoms with Crippen molar-refractivity contribution in [2.45, 2.75) is 52.2 Å². The van der Waals surface area contributed by atoms with E-state index < -0.39 is 8.32 Å². The van der Waals surface area contributed by atoms with Gasteiger partial charge in [0.1, 0.15) is 0 Å². The van der Waals surface area contributed by atoms with E-state index in [0.717, 1.165) is 13.1 Å². The molecule has 0 atom stereocenters. The zero-order valence-corrected chi connectivity index (χ0v) is 14.2. The summed E-state index contributed by atoms with van der Waals surface area (Å²) >= 11 is 0. The van der Waals surface area contributed by atoms with Crippen molar-refractivity contribution in [1.29, 1.82) is 0 Å². The van der Waals surface area contributed by atoms with Crippen LogP contribution in [0, 0.1) is 0 Å². The van der Waals surface area contributed by atoms with Crippen molar-refractivity contribution in [1.82, 2.24) is 10.2 Å². The van der Waals surface area contributed by atoms with Crippen LogP contribution >= 0.6 is 0 Å². The summed E-state index contributed by atoms with van der Waals surface area (Å²) in [4.78, 5) is 2.56. The molecular formula is C14H34N2OSi. The SMILES string of the molecule is CCCN(CCC)CCNCCC[Si](C)(C)OC. The normalized spacial score (nSPS) is 12.3. The largest absolute Gasteiger partial charge is 0.420 e. The van der Waals surface area contributed by atoms with Crippen LogP contribution < -0.4 is 5.32 Å². The maximum atomic E-state index is 5.55. The van der Waals surface area contributed by atoms with Crippen molar-refractivity contribution in [2.75, 3.05) is 39.8 Å². The molecule has 4 heteroatoms. The second kappa shape index (κ2) is 11.0. The van der Waals surface area contributed by atoms with Gasteiger partial charge in [-0.05, 0) is 58.0 Å². The Kier molecular flexibility index (Phi) is 11.0. The van der Waals surface area contributed by atoms with E-state index >= 15 is 0 Å². The van der Waals surface area contributed by atoms with Gasteiger partial charge in [-0.3, -0.25) is 0 Å². The summed E-state index contributed by atoms with van der Waals surface area (Å²) in [7, 11) is 0.519. The van der Waals surface area contributed by atoms with Gasteiger partial charge >= 0.3 is 0 Å². The van der Waals surface area contributed by atoms with E-state index in [-0.39, 0.29) is 0 Å². The lowest BCUT2D eigenvalue weighted by atomic mass is 10.3. The number of hydrogen-bond donors (Lipinski definition) is 1. The third-order valence-corrected chi connectivity index (χ3v) is 6.03. The van der Waals surface area contributed by atoms with Crippen molar-refractivity contribution in [3.63, 3.8) is 0 Å². The summed E-state index contributed by atoms with van der Waals surface area (Å²) in [6, 6.07) is 1.25. The van der Waals surface area contributed by atoms with Crippen LogP contribution in [0.3, 0.4) is 0 Å². The molecule has 0 spiro atoms. The highest BCUT2D eigenvalue weighted by molar-refractivity contribution is 6.71. The summed E-state index contributed by atoms with van der Waals surface area (Å²) in [5, 5.41) is 3.55. The van der Waals surface area contributed by atoms with Crippen LogP contribution in [-0.2, 0) is 4.43 Å². The minimum atomic E-state index is -1.34. The van der Waals surface area contributed by atoms with E-state index in [2.05, 4.69) is 37.2 Å². The predicted octanol–water partition coefficient (Wildman–Crippen LogP) is 2.94. The lowest BCUT2D eigenvalue weighted by Gasteiger charge is -2.22. The fourth-order valence-electron chi connectivity index (χ4n) is 2.07. The topological polar surface area (TPSA) is 24.5 Å². The maximum absolute atomic E-state index is 5.55. The smallest absolute Gasteiger partial charge is 0.186 e. The Hall–Kier alpha value is 0.0969. The minimum Gasteiger partial charge on any atom is -0.420 e. The van der Waals surface area contributed by atoms with Crippen LogP contribution in [0.5, 0.6) is 0 Å². The van der Waals surface area contributed by atoms with Crippen LogP contribution in [-0.4, -0.2) is 53.1 Å². The average molecular weight is 275 g/mol. The van der Waals surface area contributed by atoms with Crippen LogP contribution in [0.4, 0.5) is 0 Å².